The summed E-state index contributed by atoms with van der Waals surface area (Å²) in [6.45, 7) is -0.0889. The second kappa shape index (κ2) is 6.69. The van der Waals surface area contributed by atoms with E-state index in [4.69, 9.17) is 0 Å². The lowest BCUT2D eigenvalue weighted by atomic mass is 10.1. The fourth-order valence-electron chi connectivity index (χ4n) is 3.06. The third kappa shape index (κ3) is 2.98. The summed E-state index contributed by atoms with van der Waals surface area (Å²) in [4.78, 5) is 36.3. The van der Waals surface area contributed by atoms with Crippen molar-refractivity contribution in [1.29, 1.82) is 0 Å². The molecule has 134 valence electrons. The number of carboxylic acid groups (broad SMARTS) is 1. The highest BCUT2D eigenvalue weighted by molar-refractivity contribution is 7.04. The number of carboxylic acids is 1. The maximum atomic E-state index is 12.9. The van der Waals surface area contributed by atoms with Crippen LogP contribution in [0.25, 0.3) is 16.5 Å². The van der Waals surface area contributed by atoms with Crippen LogP contribution >= 0.6 is 11.5 Å². The van der Waals surface area contributed by atoms with Crippen LogP contribution in [-0.2, 0) is 6.54 Å². The number of rotatable bonds is 4. The molecule has 0 unspecified atom stereocenters. The summed E-state index contributed by atoms with van der Waals surface area (Å²) in [6.07, 6.45) is 0. The van der Waals surface area contributed by atoms with Gasteiger partial charge in [-0.2, -0.15) is 0 Å². The van der Waals surface area contributed by atoms with Crippen molar-refractivity contribution in [3.05, 3.63) is 98.0 Å². The molecule has 0 atom stereocenters. The Morgan fingerprint density at radius 3 is 2.44 bits per heavy atom. The SMILES string of the molecule is O=C(O)c1ccccc1Cn1c(=O)sn(-c2cccc3ccccc23)c1=O. The van der Waals surface area contributed by atoms with Crippen LogP contribution in [0.5, 0.6) is 0 Å². The minimum absolute atomic E-state index is 0.0757. The van der Waals surface area contributed by atoms with E-state index in [2.05, 4.69) is 0 Å². The molecule has 3 aromatic carbocycles. The minimum atomic E-state index is -1.09. The standard InChI is InChI=1S/C20H14N2O4S/c23-18(24)16-10-4-2-7-14(16)12-21-19(25)22(27-20(21)26)17-11-5-8-13-6-1-3-9-15(13)17/h1-11H,12H2,(H,23,24). The van der Waals surface area contributed by atoms with Gasteiger partial charge < -0.3 is 5.11 Å². The lowest BCUT2D eigenvalue weighted by molar-refractivity contribution is 0.0695. The molecule has 0 aliphatic carbocycles. The number of hydrogen-bond acceptors (Lipinski definition) is 4. The fraction of sp³-hybridized carbons (Fsp3) is 0.0500. The first-order chi connectivity index (χ1) is 13.1. The largest absolute Gasteiger partial charge is 0.478 e. The number of fused-ring (bicyclic) bond motifs is 1. The highest BCUT2D eigenvalue weighted by Gasteiger charge is 2.16. The van der Waals surface area contributed by atoms with E-state index in [0.29, 0.717) is 11.3 Å². The van der Waals surface area contributed by atoms with Crippen LogP contribution in [0, 0.1) is 0 Å². The van der Waals surface area contributed by atoms with Crippen molar-refractivity contribution in [2.24, 2.45) is 0 Å². The van der Waals surface area contributed by atoms with Crippen molar-refractivity contribution in [2.45, 2.75) is 6.54 Å². The summed E-state index contributed by atoms with van der Waals surface area (Å²) in [5, 5.41) is 11.1. The van der Waals surface area contributed by atoms with Gasteiger partial charge in [-0.15, -0.1) is 0 Å². The predicted octanol–water partition coefficient (Wildman–Crippen LogP) is 2.96. The highest BCUT2D eigenvalue weighted by atomic mass is 32.1. The molecule has 1 N–H and O–H groups in total. The molecule has 4 rings (SSSR count). The number of aromatic nitrogens is 2. The third-order valence-electron chi connectivity index (χ3n) is 4.36. The van der Waals surface area contributed by atoms with Crippen molar-refractivity contribution in [1.82, 2.24) is 8.52 Å². The summed E-state index contributed by atoms with van der Waals surface area (Å²) in [7, 11) is 0. The molecule has 0 radical (unpaired) electrons. The second-order valence-corrected chi connectivity index (χ2v) is 6.88. The van der Waals surface area contributed by atoms with E-state index >= 15 is 0 Å². The van der Waals surface area contributed by atoms with Gasteiger partial charge in [0.05, 0.1) is 17.8 Å². The number of carbonyl (C=O) groups is 1. The molecule has 6 nitrogen and oxygen atoms in total. The molecular weight excluding hydrogens is 364 g/mol. The van der Waals surface area contributed by atoms with Crippen LogP contribution in [0.4, 0.5) is 0 Å². The number of nitrogens with zero attached hydrogens (tertiary/aromatic N) is 2. The van der Waals surface area contributed by atoms with Gasteiger partial charge >= 0.3 is 16.5 Å². The summed E-state index contributed by atoms with van der Waals surface area (Å²) in [5.74, 6) is -1.09. The zero-order valence-electron chi connectivity index (χ0n) is 14.0. The number of aromatic carboxylic acids is 1. The van der Waals surface area contributed by atoms with Gasteiger partial charge in [-0.25, -0.2) is 18.1 Å². The second-order valence-electron chi connectivity index (χ2n) is 5.98. The van der Waals surface area contributed by atoms with Gasteiger partial charge in [-0.05, 0) is 23.1 Å². The maximum Gasteiger partial charge on any atom is 0.346 e. The summed E-state index contributed by atoms with van der Waals surface area (Å²) < 4.78 is 2.42. The molecule has 0 aliphatic heterocycles. The Balaban J connectivity index is 1.85. The molecule has 4 aromatic rings. The Morgan fingerprint density at radius 2 is 1.63 bits per heavy atom. The van der Waals surface area contributed by atoms with Crippen LogP contribution in [0.3, 0.4) is 0 Å². The number of benzene rings is 3. The van der Waals surface area contributed by atoms with Crippen LogP contribution in [0.2, 0.25) is 0 Å². The van der Waals surface area contributed by atoms with E-state index in [9.17, 15) is 19.5 Å². The first-order valence-corrected chi connectivity index (χ1v) is 8.96. The van der Waals surface area contributed by atoms with Crippen molar-refractivity contribution in [2.75, 3.05) is 0 Å². The molecular formula is C20H14N2O4S. The lowest BCUT2D eigenvalue weighted by Crippen LogP contribution is -2.29. The first kappa shape index (κ1) is 17.0. The normalized spacial score (nSPS) is 11.0. The Hall–Kier alpha value is -3.45. The maximum absolute atomic E-state index is 12.9. The lowest BCUT2D eigenvalue weighted by Gasteiger charge is -2.06. The van der Waals surface area contributed by atoms with E-state index in [0.717, 1.165) is 26.9 Å². The molecule has 1 heterocycles. The third-order valence-corrected chi connectivity index (χ3v) is 5.27. The van der Waals surface area contributed by atoms with Gasteiger partial charge in [-0.1, -0.05) is 54.6 Å². The molecule has 0 fully saturated rings. The van der Waals surface area contributed by atoms with Gasteiger partial charge in [0.1, 0.15) is 0 Å². The van der Waals surface area contributed by atoms with Gasteiger partial charge in [0, 0.05) is 16.9 Å². The summed E-state index contributed by atoms with van der Waals surface area (Å²) in [5.41, 5.74) is 0.630. The van der Waals surface area contributed by atoms with Crippen molar-refractivity contribution in [3.63, 3.8) is 0 Å². The van der Waals surface area contributed by atoms with E-state index in [1.54, 1.807) is 24.3 Å². The van der Waals surface area contributed by atoms with Crippen LogP contribution < -0.4 is 10.6 Å². The Kier molecular flexibility index (Phi) is 4.21. The van der Waals surface area contributed by atoms with Crippen LogP contribution in [0.15, 0.2) is 76.3 Å². The molecule has 1 aromatic heterocycles. The number of hydrogen-bond donors (Lipinski definition) is 1. The molecule has 0 bridgehead atoms. The topological polar surface area (TPSA) is 81.3 Å². The van der Waals surface area contributed by atoms with Crippen LogP contribution in [0.1, 0.15) is 15.9 Å². The van der Waals surface area contributed by atoms with E-state index in [1.807, 2.05) is 36.4 Å². The zero-order chi connectivity index (χ0) is 19.0. The minimum Gasteiger partial charge on any atom is -0.478 e. The van der Waals surface area contributed by atoms with Crippen LogP contribution in [-0.4, -0.2) is 19.6 Å². The molecule has 0 saturated carbocycles. The quantitative estimate of drug-likeness (QED) is 0.592. The Bertz CT molecular complexity index is 1280. The monoisotopic (exact) mass is 378 g/mol. The molecule has 0 aliphatic rings. The smallest absolute Gasteiger partial charge is 0.346 e. The molecule has 0 spiro atoms. The Morgan fingerprint density at radius 1 is 0.926 bits per heavy atom. The van der Waals surface area contributed by atoms with Gasteiger partial charge in [0.15, 0.2) is 0 Å². The van der Waals surface area contributed by atoms with E-state index in [-0.39, 0.29) is 12.1 Å². The molecule has 0 amide bonds. The fourth-order valence-corrected chi connectivity index (χ4v) is 3.89. The van der Waals surface area contributed by atoms with Gasteiger partial charge in [0.25, 0.3) is 0 Å². The van der Waals surface area contributed by atoms with Crippen molar-refractivity contribution >= 4 is 28.3 Å². The van der Waals surface area contributed by atoms with Crippen molar-refractivity contribution in [3.8, 4) is 5.69 Å². The molecule has 7 heteroatoms. The Labute approximate surface area is 157 Å². The van der Waals surface area contributed by atoms with Crippen molar-refractivity contribution < 1.29 is 9.90 Å². The zero-order valence-corrected chi connectivity index (χ0v) is 14.8. The predicted molar refractivity (Wildman–Crippen MR) is 104 cm³/mol. The van der Waals surface area contributed by atoms with E-state index < -0.39 is 16.5 Å². The summed E-state index contributed by atoms with van der Waals surface area (Å²) in [6, 6.07) is 19.5. The highest BCUT2D eigenvalue weighted by Crippen LogP contribution is 2.21. The first-order valence-electron chi connectivity index (χ1n) is 8.19. The molecule has 0 saturated heterocycles. The van der Waals surface area contributed by atoms with Gasteiger partial charge in [-0.3, -0.25) is 4.79 Å². The van der Waals surface area contributed by atoms with E-state index in [1.165, 1.54) is 10.0 Å². The average molecular weight is 378 g/mol. The van der Waals surface area contributed by atoms with Gasteiger partial charge in [0.2, 0.25) is 0 Å². The summed E-state index contributed by atoms with van der Waals surface area (Å²) >= 11 is 0.807. The molecule has 27 heavy (non-hydrogen) atoms. The average Bonchev–Trinajstić information content (AvgIpc) is 2.96.